The highest BCUT2D eigenvalue weighted by Gasteiger charge is 2.27. The maximum absolute atomic E-state index is 12.6. The molecule has 304 valence electrons. The average Bonchev–Trinajstić information content (AvgIpc) is 3.09. The van der Waals surface area contributed by atoms with Gasteiger partial charge in [-0.15, -0.1) is 0 Å². The van der Waals surface area contributed by atoms with E-state index in [4.69, 9.17) is 18.5 Å². The number of esters is 2. The Morgan fingerprint density at radius 2 is 1.10 bits per heavy atom. The number of allylic oxidation sites excluding steroid dienone is 6. The third-order valence-electron chi connectivity index (χ3n) is 8.68. The molecule has 0 radical (unpaired) electrons. The lowest BCUT2D eigenvalue weighted by atomic mass is 10.0. The Bertz CT molecular complexity index is 991. The smallest absolute Gasteiger partial charge is 0.462 e. The molecule has 0 saturated carbocycles. The lowest BCUT2D eigenvalue weighted by Gasteiger charge is -2.24. The van der Waals surface area contributed by atoms with Crippen molar-refractivity contribution in [2.75, 3.05) is 47.5 Å². The highest BCUT2D eigenvalue weighted by atomic mass is 31.2. The van der Waals surface area contributed by atoms with Gasteiger partial charge in [-0.25, -0.2) is 4.57 Å². The van der Waals surface area contributed by atoms with E-state index in [0.29, 0.717) is 17.4 Å². The molecule has 0 fully saturated rings. The minimum Gasteiger partial charge on any atom is -0.462 e. The van der Waals surface area contributed by atoms with Crippen molar-refractivity contribution in [2.24, 2.45) is 0 Å². The van der Waals surface area contributed by atoms with E-state index in [1.165, 1.54) is 77.0 Å². The molecule has 0 aromatic carbocycles. The molecule has 2 atom stereocenters. The summed E-state index contributed by atoms with van der Waals surface area (Å²) in [7, 11) is 1.46. The van der Waals surface area contributed by atoms with Gasteiger partial charge in [0.25, 0.3) is 0 Å². The summed E-state index contributed by atoms with van der Waals surface area (Å²) in [6, 6.07) is 0. The molecule has 0 aliphatic carbocycles. The maximum atomic E-state index is 12.6. The van der Waals surface area contributed by atoms with E-state index >= 15 is 0 Å². The second kappa shape index (κ2) is 35.0. The van der Waals surface area contributed by atoms with Gasteiger partial charge in [-0.3, -0.25) is 18.6 Å². The van der Waals surface area contributed by atoms with Crippen LogP contribution < -0.4 is 0 Å². The van der Waals surface area contributed by atoms with E-state index in [2.05, 4.69) is 50.3 Å². The van der Waals surface area contributed by atoms with Gasteiger partial charge in [-0.05, 0) is 44.9 Å². The fourth-order valence-corrected chi connectivity index (χ4v) is 6.18. The summed E-state index contributed by atoms with van der Waals surface area (Å²) in [5.41, 5.74) is 0. The van der Waals surface area contributed by atoms with Crippen LogP contribution in [0.1, 0.15) is 168 Å². The second-order valence-corrected chi connectivity index (χ2v) is 16.5. The fraction of sp³-hybridized carbons (Fsp3) is 0.810. The van der Waals surface area contributed by atoms with Crippen LogP contribution >= 0.6 is 7.82 Å². The number of hydrogen-bond acceptors (Lipinski definition) is 7. The van der Waals surface area contributed by atoms with E-state index in [1.54, 1.807) is 0 Å². The first-order chi connectivity index (χ1) is 25.0. The number of hydrogen-bond donors (Lipinski definition) is 1. The van der Waals surface area contributed by atoms with Gasteiger partial charge in [0.1, 0.15) is 19.8 Å². The van der Waals surface area contributed by atoms with Crippen molar-refractivity contribution in [1.29, 1.82) is 0 Å². The molecule has 10 heteroatoms. The summed E-state index contributed by atoms with van der Waals surface area (Å²) >= 11 is 0. The quantitative estimate of drug-likeness (QED) is 0.0219. The van der Waals surface area contributed by atoms with E-state index in [0.717, 1.165) is 57.8 Å². The van der Waals surface area contributed by atoms with Crippen LogP contribution in [0.5, 0.6) is 0 Å². The molecule has 0 heterocycles. The lowest BCUT2D eigenvalue weighted by molar-refractivity contribution is -0.870. The summed E-state index contributed by atoms with van der Waals surface area (Å²) in [5, 5.41) is 0. The molecule has 0 aliphatic rings. The van der Waals surface area contributed by atoms with Crippen LogP contribution in [0.25, 0.3) is 0 Å². The van der Waals surface area contributed by atoms with Crippen LogP contribution in [-0.2, 0) is 32.7 Å². The monoisotopic (exact) mass is 757 g/mol. The molecule has 0 rings (SSSR count). The lowest BCUT2D eigenvalue weighted by Crippen LogP contribution is -2.37. The zero-order valence-corrected chi connectivity index (χ0v) is 34.9. The minimum absolute atomic E-state index is 0.0263. The van der Waals surface area contributed by atoms with Gasteiger partial charge < -0.3 is 18.9 Å². The first-order valence-corrected chi connectivity index (χ1v) is 22.2. The molecule has 1 N–H and O–H groups in total. The molecule has 0 aliphatic heterocycles. The molecule has 2 unspecified atom stereocenters. The van der Waals surface area contributed by atoms with Crippen molar-refractivity contribution in [3.8, 4) is 0 Å². The molecule has 9 nitrogen and oxygen atoms in total. The SMILES string of the molecule is CC/C=C\C/C=C\C/C=C\CCCCCC(=O)OC(COC(=O)CCCCCCCCCCCCCCCCC)COP(=O)(O)OCC[N+](C)(C)C. The van der Waals surface area contributed by atoms with Gasteiger partial charge in [0.15, 0.2) is 6.10 Å². The van der Waals surface area contributed by atoms with Crippen LogP contribution in [0.15, 0.2) is 36.5 Å². The van der Waals surface area contributed by atoms with Crippen LogP contribution in [0.4, 0.5) is 0 Å². The van der Waals surface area contributed by atoms with E-state index in [-0.39, 0.29) is 32.0 Å². The normalized spacial score (nSPS) is 14.0. The highest BCUT2D eigenvalue weighted by Crippen LogP contribution is 2.43. The van der Waals surface area contributed by atoms with E-state index in [9.17, 15) is 19.0 Å². The summed E-state index contributed by atoms with van der Waals surface area (Å²) in [4.78, 5) is 35.2. The van der Waals surface area contributed by atoms with Crippen molar-refractivity contribution in [3.05, 3.63) is 36.5 Å². The third-order valence-corrected chi connectivity index (χ3v) is 9.67. The number of quaternary nitrogens is 1. The molecule has 0 saturated heterocycles. The van der Waals surface area contributed by atoms with Gasteiger partial charge in [0, 0.05) is 12.8 Å². The molecule has 0 aromatic rings. The molecular weight excluding hydrogens is 677 g/mol. The number of unbranched alkanes of at least 4 members (excludes halogenated alkanes) is 17. The Morgan fingerprint density at radius 1 is 0.615 bits per heavy atom. The average molecular weight is 757 g/mol. The molecule has 0 bridgehead atoms. The summed E-state index contributed by atoms with van der Waals surface area (Å²) in [5.74, 6) is -0.831. The third kappa shape index (κ3) is 38.0. The number of carbonyl (C=O) groups excluding carboxylic acids is 2. The van der Waals surface area contributed by atoms with Crippen molar-refractivity contribution in [3.63, 3.8) is 0 Å². The zero-order valence-electron chi connectivity index (χ0n) is 34.0. The van der Waals surface area contributed by atoms with Gasteiger partial charge in [-0.2, -0.15) is 0 Å². The van der Waals surface area contributed by atoms with Crippen LogP contribution in [0.3, 0.4) is 0 Å². The number of phosphoric acid groups is 1. The summed E-state index contributed by atoms with van der Waals surface area (Å²) in [6.07, 6.45) is 37.6. The maximum Gasteiger partial charge on any atom is 0.472 e. The summed E-state index contributed by atoms with van der Waals surface area (Å²) in [6.45, 7) is 4.27. The number of carbonyl (C=O) groups is 2. The van der Waals surface area contributed by atoms with Gasteiger partial charge in [0.2, 0.25) is 0 Å². The van der Waals surface area contributed by atoms with Crippen molar-refractivity contribution < 1.29 is 42.1 Å². The number of nitrogens with zero attached hydrogens (tertiary/aromatic N) is 1. The van der Waals surface area contributed by atoms with E-state index < -0.39 is 26.5 Å². The molecular formula is C42H79NO8P+. The first-order valence-electron chi connectivity index (χ1n) is 20.7. The van der Waals surface area contributed by atoms with Crippen molar-refractivity contribution >= 4 is 19.8 Å². The van der Waals surface area contributed by atoms with Gasteiger partial charge >= 0.3 is 19.8 Å². The standard InChI is InChI=1S/C42H78NO8P/c1-6-8-10-12-14-16-18-20-21-23-24-26-28-30-32-34-41(44)48-38-40(39-50-52(46,47)49-37-36-43(3,4)5)51-42(45)35-33-31-29-27-25-22-19-17-15-13-11-9-7-2/h9,11,15,17,22,25,40H,6-8,10,12-14,16,18-21,23-24,26-39H2,1-5H3/p+1/b11-9-,17-15-,25-22-. The topological polar surface area (TPSA) is 108 Å². The van der Waals surface area contributed by atoms with Gasteiger partial charge in [0.05, 0.1) is 27.7 Å². The van der Waals surface area contributed by atoms with Crippen molar-refractivity contribution in [2.45, 2.75) is 174 Å². The first kappa shape index (κ1) is 50.2. The van der Waals surface area contributed by atoms with Crippen LogP contribution in [0.2, 0.25) is 0 Å². The van der Waals surface area contributed by atoms with Crippen LogP contribution in [0, 0.1) is 0 Å². The van der Waals surface area contributed by atoms with Gasteiger partial charge in [-0.1, -0.05) is 147 Å². The Kier molecular flexibility index (Phi) is 33.8. The van der Waals surface area contributed by atoms with Crippen molar-refractivity contribution in [1.82, 2.24) is 0 Å². The molecule has 52 heavy (non-hydrogen) atoms. The summed E-state index contributed by atoms with van der Waals surface area (Å²) < 4.78 is 34.2. The largest absolute Gasteiger partial charge is 0.472 e. The zero-order chi connectivity index (χ0) is 38.6. The van der Waals surface area contributed by atoms with Crippen LogP contribution in [-0.4, -0.2) is 74.9 Å². The Labute approximate surface area is 319 Å². The Balaban J connectivity index is 4.41. The minimum atomic E-state index is -4.38. The Hall–Kier alpha value is -1.77. The number of ether oxygens (including phenoxy) is 2. The molecule has 0 spiro atoms. The molecule has 0 amide bonds. The Morgan fingerprint density at radius 3 is 1.63 bits per heavy atom. The predicted octanol–water partition coefficient (Wildman–Crippen LogP) is 11.4. The fourth-order valence-electron chi connectivity index (χ4n) is 5.44. The number of likely N-dealkylation sites (N-methyl/N-ethyl adjacent to an activating group) is 1. The number of phosphoric ester groups is 1. The second-order valence-electron chi connectivity index (χ2n) is 15.0. The highest BCUT2D eigenvalue weighted by molar-refractivity contribution is 7.47. The number of rotatable bonds is 37. The van der Waals surface area contributed by atoms with E-state index in [1.807, 2.05) is 21.1 Å². The molecule has 0 aromatic heterocycles. The predicted molar refractivity (Wildman–Crippen MR) is 215 cm³/mol.